The zero-order valence-corrected chi connectivity index (χ0v) is 18.0. The fraction of sp³-hybridized carbons (Fsp3) is 0.273. The number of aromatic nitrogens is 3. The van der Waals surface area contributed by atoms with E-state index >= 15 is 0 Å². The third-order valence-electron chi connectivity index (χ3n) is 4.39. The lowest BCUT2D eigenvalue weighted by Gasteiger charge is -2.12. The van der Waals surface area contributed by atoms with Gasteiger partial charge in [-0.2, -0.15) is 5.10 Å². The number of nitrogens with one attached hydrogen (secondary N) is 3. The Morgan fingerprint density at radius 3 is 2.43 bits per heavy atom. The average molecular weight is 424 g/mol. The molecule has 0 radical (unpaired) electrons. The van der Waals surface area contributed by atoms with Crippen LogP contribution in [0.2, 0.25) is 0 Å². The highest BCUT2D eigenvalue weighted by Crippen LogP contribution is 2.20. The quantitative estimate of drug-likeness (QED) is 0.475. The topological polar surface area (TPSA) is 99.8 Å². The van der Waals surface area contributed by atoms with E-state index in [9.17, 15) is 9.59 Å². The number of H-pyrrole nitrogens is 1. The zero-order chi connectivity index (χ0) is 21.5. The van der Waals surface area contributed by atoms with Crippen molar-refractivity contribution in [1.29, 1.82) is 0 Å². The Labute approximate surface area is 180 Å². The Kier molecular flexibility index (Phi) is 7.24. The van der Waals surface area contributed by atoms with Gasteiger partial charge in [0.25, 0.3) is 11.8 Å². The number of amides is 2. The Morgan fingerprint density at radius 1 is 1.07 bits per heavy atom. The summed E-state index contributed by atoms with van der Waals surface area (Å²) in [5.74, 6) is 0.824. The van der Waals surface area contributed by atoms with Crippen LogP contribution in [0.1, 0.15) is 45.7 Å². The first-order valence-electron chi connectivity index (χ1n) is 9.69. The lowest BCUT2D eigenvalue weighted by molar-refractivity contribution is 0.0948. The van der Waals surface area contributed by atoms with Crippen LogP contribution in [0.5, 0.6) is 0 Å². The molecule has 3 N–H and O–H groups in total. The summed E-state index contributed by atoms with van der Waals surface area (Å²) in [5.41, 5.74) is 3.76. The van der Waals surface area contributed by atoms with Gasteiger partial charge in [-0.15, -0.1) is 0 Å². The molecule has 30 heavy (non-hydrogen) atoms. The van der Waals surface area contributed by atoms with Crippen molar-refractivity contribution >= 4 is 29.3 Å². The van der Waals surface area contributed by atoms with Gasteiger partial charge >= 0.3 is 0 Å². The molecule has 156 valence electrons. The van der Waals surface area contributed by atoms with Crippen molar-refractivity contribution in [2.75, 3.05) is 11.9 Å². The highest BCUT2D eigenvalue weighted by Gasteiger charge is 2.11. The van der Waals surface area contributed by atoms with E-state index in [0.717, 1.165) is 22.0 Å². The van der Waals surface area contributed by atoms with Crippen LogP contribution in [-0.4, -0.2) is 33.5 Å². The van der Waals surface area contributed by atoms with Crippen LogP contribution in [0.3, 0.4) is 0 Å². The second-order valence-corrected chi connectivity index (χ2v) is 8.33. The number of rotatable bonds is 8. The minimum atomic E-state index is -0.190. The molecule has 0 unspecified atom stereocenters. The number of thioether (sulfide) groups is 1. The van der Waals surface area contributed by atoms with E-state index in [0.29, 0.717) is 29.3 Å². The number of anilines is 1. The maximum Gasteiger partial charge on any atom is 0.255 e. The SMILES string of the molecule is Cc1cc(C(=O)NCC(C)C)ccc1NC(=O)c1ccc(CSc2ncn[nH]2)cc1. The van der Waals surface area contributed by atoms with Crippen molar-refractivity contribution in [1.82, 2.24) is 20.5 Å². The van der Waals surface area contributed by atoms with E-state index < -0.39 is 0 Å². The van der Waals surface area contributed by atoms with Gasteiger partial charge in [-0.3, -0.25) is 14.7 Å². The number of hydrogen-bond acceptors (Lipinski definition) is 5. The van der Waals surface area contributed by atoms with Gasteiger partial charge in [0.05, 0.1) is 0 Å². The molecule has 7 nitrogen and oxygen atoms in total. The number of hydrogen-bond donors (Lipinski definition) is 3. The Bertz CT molecular complexity index is 1000. The van der Waals surface area contributed by atoms with Crippen LogP contribution in [0, 0.1) is 12.8 Å². The summed E-state index contributed by atoms with van der Waals surface area (Å²) >= 11 is 1.55. The lowest BCUT2D eigenvalue weighted by atomic mass is 10.1. The molecule has 2 aromatic carbocycles. The molecular formula is C22H25N5O2S. The summed E-state index contributed by atoms with van der Waals surface area (Å²) in [5, 5.41) is 13.2. The Morgan fingerprint density at radius 2 is 1.80 bits per heavy atom. The van der Waals surface area contributed by atoms with Gasteiger partial charge in [-0.25, -0.2) is 4.98 Å². The van der Waals surface area contributed by atoms with E-state index in [1.165, 1.54) is 6.33 Å². The number of aromatic amines is 1. The van der Waals surface area contributed by atoms with Crippen LogP contribution in [0.25, 0.3) is 0 Å². The molecule has 0 aliphatic carbocycles. The van der Waals surface area contributed by atoms with E-state index in [1.807, 2.05) is 32.9 Å². The number of aryl methyl sites for hydroxylation is 1. The summed E-state index contributed by atoms with van der Waals surface area (Å²) in [6.07, 6.45) is 1.47. The third-order valence-corrected chi connectivity index (χ3v) is 5.34. The van der Waals surface area contributed by atoms with Gasteiger partial charge < -0.3 is 10.6 Å². The highest BCUT2D eigenvalue weighted by molar-refractivity contribution is 7.98. The Balaban J connectivity index is 1.59. The highest BCUT2D eigenvalue weighted by atomic mass is 32.2. The number of nitrogens with zero attached hydrogens (tertiary/aromatic N) is 2. The van der Waals surface area contributed by atoms with Crippen molar-refractivity contribution in [3.05, 3.63) is 71.0 Å². The molecule has 3 aromatic rings. The molecule has 0 saturated heterocycles. The molecule has 0 bridgehead atoms. The predicted molar refractivity (Wildman–Crippen MR) is 119 cm³/mol. The van der Waals surface area contributed by atoms with Crippen LogP contribution >= 0.6 is 11.8 Å². The molecule has 0 aliphatic rings. The molecule has 0 saturated carbocycles. The maximum absolute atomic E-state index is 12.6. The smallest absolute Gasteiger partial charge is 0.255 e. The van der Waals surface area contributed by atoms with E-state index in [4.69, 9.17) is 0 Å². The molecule has 0 fully saturated rings. The number of carbonyl (C=O) groups excluding carboxylic acids is 2. The summed E-state index contributed by atoms with van der Waals surface area (Å²) in [4.78, 5) is 28.9. The summed E-state index contributed by atoms with van der Waals surface area (Å²) in [7, 11) is 0. The first-order chi connectivity index (χ1) is 14.4. The van der Waals surface area contributed by atoms with Crippen molar-refractivity contribution in [2.45, 2.75) is 31.7 Å². The van der Waals surface area contributed by atoms with Crippen LogP contribution < -0.4 is 10.6 Å². The van der Waals surface area contributed by atoms with Crippen LogP contribution in [0.4, 0.5) is 5.69 Å². The molecule has 0 aliphatic heterocycles. The summed E-state index contributed by atoms with van der Waals surface area (Å²) < 4.78 is 0. The van der Waals surface area contributed by atoms with Gasteiger partial charge in [0, 0.05) is 29.1 Å². The van der Waals surface area contributed by atoms with Gasteiger partial charge in [-0.05, 0) is 54.3 Å². The molecule has 0 spiro atoms. The summed E-state index contributed by atoms with van der Waals surface area (Å²) in [6, 6.07) is 12.7. The first-order valence-corrected chi connectivity index (χ1v) is 10.7. The standard InChI is InChI=1S/C22H25N5O2S/c1-14(2)11-23-20(28)18-8-9-19(15(3)10-18)26-21(29)17-6-4-16(5-7-17)12-30-22-24-13-25-27-22/h4-10,13-14H,11-12H2,1-3H3,(H,23,28)(H,26,29)(H,24,25,27). The average Bonchev–Trinajstić information content (AvgIpc) is 3.26. The van der Waals surface area contributed by atoms with Crippen LogP contribution in [0.15, 0.2) is 53.9 Å². The number of benzene rings is 2. The molecule has 1 aromatic heterocycles. The lowest BCUT2D eigenvalue weighted by Crippen LogP contribution is -2.27. The van der Waals surface area contributed by atoms with Crippen LogP contribution in [-0.2, 0) is 5.75 Å². The van der Waals surface area contributed by atoms with E-state index in [-0.39, 0.29) is 11.8 Å². The maximum atomic E-state index is 12.6. The predicted octanol–water partition coefficient (Wildman–Crippen LogP) is 4.04. The first kappa shape index (κ1) is 21.6. The van der Waals surface area contributed by atoms with Gasteiger partial charge in [0.2, 0.25) is 0 Å². The van der Waals surface area contributed by atoms with Crippen molar-refractivity contribution in [2.24, 2.45) is 5.92 Å². The van der Waals surface area contributed by atoms with E-state index in [2.05, 4.69) is 25.8 Å². The molecule has 8 heteroatoms. The molecular weight excluding hydrogens is 398 g/mol. The van der Waals surface area contributed by atoms with E-state index in [1.54, 1.807) is 42.1 Å². The zero-order valence-electron chi connectivity index (χ0n) is 17.2. The largest absolute Gasteiger partial charge is 0.352 e. The fourth-order valence-electron chi connectivity index (χ4n) is 2.71. The number of carbonyl (C=O) groups is 2. The van der Waals surface area contributed by atoms with Crippen molar-refractivity contribution in [3.63, 3.8) is 0 Å². The minimum absolute atomic E-state index is 0.108. The minimum Gasteiger partial charge on any atom is -0.352 e. The monoisotopic (exact) mass is 423 g/mol. The molecule has 3 rings (SSSR count). The van der Waals surface area contributed by atoms with Crippen molar-refractivity contribution in [3.8, 4) is 0 Å². The van der Waals surface area contributed by atoms with Gasteiger partial charge in [0.15, 0.2) is 5.16 Å². The normalized spacial score (nSPS) is 10.8. The fourth-order valence-corrected chi connectivity index (χ4v) is 3.44. The third kappa shape index (κ3) is 5.93. The molecule has 0 atom stereocenters. The molecule has 2 amide bonds. The van der Waals surface area contributed by atoms with Gasteiger partial charge in [0.1, 0.15) is 6.33 Å². The second-order valence-electron chi connectivity index (χ2n) is 7.36. The second kappa shape index (κ2) is 10.1. The van der Waals surface area contributed by atoms with Gasteiger partial charge in [-0.1, -0.05) is 37.7 Å². The Hall–Kier alpha value is -3.13. The molecule has 1 heterocycles. The summed E-state index contributed by atoms with van der Waals surface area (Å²) in [6.45, 7) is 6.60. The van der Waals surface area contributed by atoms with Crippen molar-refractivity contribution < 1.29 is 9.59 Å².